The molecule has 0 fully saturated rings. The van der Waals surface area contributed by atoms with Gasteiger partial charge < -0.3 is 10.0 Å². The van der Waals surface area contributed by atoms with E-state index in [-0.39, 0.29) is 11.6 Å². The molecule has 0 amide bonds. The predicted octanol–water partition coefficient (Wildman–Crippen LogP) is 3.45. The standard InChI is InChI=1S/C14H11BrF3N3O2/c1-21(7-12(22)23)13-19-10(6-11(20-13)14(16,17)18)8-2-4-9(15)5-3-8/h2-6H,7H2,1H3,(H,22,23). The average molecular weight is 390 g/mol. The average Bonchev–Trinajstić information content (AvgIpc) is 2.46. The van der Waals surface area contributed by atoms with E-state index < -0.39 is 24.4 Å². The first kappa shape index (κ1) is 17.2. The van der Waals surface area contributed by atoms with Crippen molar-refractivity contribution in [3.63, 3.8) is 0 Å². The van der Waals surface area contributed by atoms with Gasteiger partial charge in [0, 0.05) is 17.1 Å². The highest BCUT2D eigenvalue weighted by Gasteiger charge is 2.34. The van der Waals surface area contributed by atoms with Gasteiger partial charge in [0.15, 0.2) is 5.69 Å². The normalized spacial score (nSPS) is 11.3. The second-order valence-electron chi connectivity index (χ2n) is 4.69. The summed E-state index contributed by atoms with van der Waals surface area (Å²) in [5.41, 5.74) is -0.601. The molecule has 1 heterocycles. The van der Waals surface area contributed by atoms with Gasteiger partial charge in [-0.1, -0.05) is 28.1 Å². The highest BCUT2D eigenvalue weighted by atomic mass is 79.9. The summed E-state index contributed by atoms with van der Waals surface area (Å²) in [7, 11) is 1.31. The SMILES string of the molecule is CN(CC(=O)O)c1nc(-c2ccc(Br)cc2)cc(C(F)(F)F)n1. The van der Waals surface area contributed by atoms with Gasteiger partial charge in [0.2, 0.25) is 5.95 Å². The Kier molecular flexibility index (Phi) is 4.88. The molecule has 0 aliphatic carbocycles. The monoisotopic (exact) mass is 389 g/mol. The molecule has 0 aliphatic rings. The molecule has 1 aromatic heterocycles. The van der Waals surface area contributed by atoms with Crippen molar-refractivity contribution in [2.45, 2.75) is 6.18 Å². The smallest absolute Gasteiger partial charge is 0.433 e. The minimum Gasteiger partial charge on any atom is -0.480 e. The minimum atomic E-state index is -4.66. The van der Waals surface area contributed by atoms with E-state index in [1.807, 2.05) is 0 Å². The van der Waals surface area contributed by atoms with Gasteiger partial charge in [-0.3, -0.25) is 4.79 Å². The first-order valence-corrected chi connectivity index (χ1v) is 7.11. The molecule has 0 atom stereocenters. The molecule has 0 saturated heterocycles. The topological polar surface area (TPSA) is 66.3 Å². The van der Waals surface area contributed by atoms with E-state index in [4.69, 9.17) is 5.11 Å². The molecule has 1 N–H and O–H groups in total. The zero-order chi connectivity index (χ0) is 17.2. The lowest BCUT2D eigenvalue weighted by Crippen LogP contribution is -2.28. The van der Waals surface area contributed by atoms with Crippen LogP contribution < -0.4 is 4.90 Å². The van der Waals surface area contributed by atoms with E-state index in [1.165, 1.54) is 7.05 Å². The maximum atomic E-state index is 13.0. The fourth-order valence-corrected chi connectivity index (χ4v) is 2.06. The van der Waals surface area contributed by atoms with Crippen LogP contribution in [0.4, 0.5) is 19.1 Å². The number of anilines is 1. The Bertz CT molecular complexity index is 720. The van der Waals surface area contributed by atoms with Crippen molar-refractivity contribution in [3.8, 4) is 11.3 Å². The van der Waals surface area contributed by atoms with Crippen LogP contribution in [0.15, 0.2) is 34.8 Å². The Morgan fingerprint density at radius 1 is 1.26 bits per heavy atom. The molecule has 0 unspecified atom stereocenters. The van der Waals surface area contributed by atoms with Crippen LogP contribution in [0.2, 0.25) is 0 Å². The Labute approximate surface area is 137 Å². The first-order valence-electron chi connectivity index (χ1n) is 6.32. The second-order valence-corrected chi connectivity index (χ2v) is 5.61. The van der Waals surface area contributed by atoms with Crippen LogP contribution in [0.1, 0.15) is 5.69 Å². The van der Waals surface area contributed by atoms with E-state index in [2.05, 4.69) is 25.9 Å². The van der Waals surface area contributed by atoms with Crippen LogP contribution in [0.3, 0.4) is 0 Å². The van der Waals surface area contributed by atoms with Crippen molar-refractivity contribution in [1.82, 2.24) is 9.97 Å². The largest absolute Gasteiger partial charge is 0.480 e. The molecule has 122 valence electrons. The van der Waals surface area contributed by atoms with E-state index >= 15 is 0 Å². The molecule has 0 bridgehead atoms. The number of carboxylic acids is 1. The lowest BCUT2D eigenvalue weighted by Gasteiger charge is -2.17. The van der Waals surface area contributed by atoms with Crippen molar-refractivity contribution in [2.24, 2.45) is 0 Å². The first-order chi connectivity index (χ1) is 10.7. The highest BCUT2D eigenvalue weighted by molar-refractivity contribution is 9.10. The lowest BCUT2D eigenvalue weighted by atomic mass is 10.1. The maximum absolute atomic E-state index is 13.0. The number of carbonyl (C=O) groups is 1. The van der Waals surface area contributed by atoms with Gasteiger partial charge in [-0.25, -0.2) is 9.97 Å². The van der Waals surface area contributed by atoms with Crippen molar-refractivity contribution >= 4 is 27.8 Å². The molecular weight excluding hydrogens is 379 g/mol. The van der Waals surface area contributed by atoms with E-state index in [0.29, 0.717) is 5.56 Å². The van der Waals surface area contributed by atoms with Crippen LogP contribution in [0.5, 0.6) is 0 Å². The van der Waals surface area contributed by atoms with Gasteiger partial charge in [0.1, 0.15) is 6.54 Å². The van der Waals surface area contributed by atoms with Crippen molar-refractivity contribution in [1.29, 1.82) is 0 Å². The molecule has 2 rings (SSSR count). The molecule has 0 radical (unpaired) electrons. The van der Waals surface area contributed by atoms with E-state index in [1.54, 1.807) is 24.3 Å². The van der Waals surface area contributed by atoms with Crippen LogP contribution in [-0.4, -0.2) is 34.6 Å². The summed E-state index contributed by atoms with van der Waals surface area (Å²) in [6.07, 6.45) is -4.66. The predicted molar refractivity (Wildman–Crippen MR) is 81.1 cm³/mol. The number of benzene rings is 1. The molecule has 23 heavy (non-hydrogen) atoms. The highest BCUT2D eigenvalue weighted by Crippen LogP contribution is 2.31. The third-order valence-corrected chi connectivity index (χ3v) is 3.39. The lowest BCUT2D eigenvalue weighted by molar-refractivity contribution is -0.141. The molecule has 9 heteroatoms. The third kappa shape index (κ3) is 4.41. The quantitative estimate of drug-likeness (QED) is 0.867. The number of hydrogen-bond acceptors (Lipinski definition) is 4. The fourth-order valence-electron chi connectivity index (χ4n) is 1.79. The van der Waals surface area contributed by atoms with Crippen LogP contribution in [0.25, 0.3) is 11.3 Å². The summed E-state index contributed by atoms with van der Waals surface area (Å²) < 4.78 is 39.8. The Morgan fingerprint density at radius 2 is 1.87 bits per heavy atom. The molecule has 1 aromatic carbocycles. The molecule has 2 aromatic rings. The number of aromatic nitrogens is 2. The van der Waals surface area contributed by atoms with Gasteiger partial charge in [-0.05, 0) is 18.2 Å². The van der Waals surface area contributed by atoms with E-state index in [0.717, 1.165) is 15.4 Å². The minimum absolute atomic E-state index is 0.0621. The second kappa shape index (κ2) is 6.53. The number of aliphatic carboxylic acids is 1. The zero-order valence-corrected chi connectivity index (χ0v) is 13.4. The number of hydrogen-bond donors (Lipinski definition) is 1. The summed E-state index contributed by atoms with van der Waals surface area (Å²) in [5.74, 6) is -1.50. The molecule has 0 saturated carbocycles. The molecule has 5 nitrogen and oxygen atoms in total. The van der Waals surface area contributed by atoms with Crippen LogP contribution in [-0.2, 0) is 11.0 Å². The summed E-state index contributed by atoms with van der Waals surface area (Å²) >= 11 is 3.24. The van der Waals surface area contributed by atoms with Gasteiger partial charge in [0.05, 0.1) is 5.69 Å². The summed E-state index contributed by atoms with van der Waals surface area (Å²) in [6, 6.07) is 7.39. The number of alkyl halides is 3. The number of nitrogens with zero attached hydrogens (tertiary/aromatic N) is 3. The van der Waals surface area contributed by atoms with Gasteiger partial charge >= 0.3 is 12.1 Å². The summed E-state index contributed by atoms with van der Waals surface area (Å²) in [4.78, 5) is 19.2. The number of likely N-dealkylation sites (N-methyl/N-ethyl adjacent to an activating group) is 1. The maximum Gasteiger partial charge on any atom is 0.433 e. The summed E-state index contributed by atoms with van der Waals surface area (Å²) in [5, 5.41) is 8.77. The van der Waals surface area contributed by atoms with Gasteiger partial charge in [-0.2, -0.15) is 13.2 Å². The van der Waals surface area contributed by atoms with Crippen LogP contribution in [0, 0.1) is 0 Å². The number of rotatable bonds is 4. The summed E-state index contributed by atoms with van der Waals surface area (Å²) in [6.45, 7) is -0.513. The van der Waals surface area contributed by atoms with Crippen molar-refractivity contribution < 1.29 is 23.1 Å². The van der Waals surface area contributed by atoms with Crippen molar-refractivity contribution in [2.75, 3.05) is 18.5 Å². The van der Waals surface area contributed by atoms with E-state index in [9.17, 15) is 18.0 Å². The number of carboxylic acid groups (broad SMARTS) is 1. The Hall–Kier alpha value is -2.16. The Morgan fingerprint density at radius 3 is 2.39 bits per heavy atom. The Balaban J connectivity index is 2.53. The van der Waals surface area contributed by atoms with Gasteiger partial charge in [0.25, 0.3) is 0 Å². The third-order valence-electron chi connectivity index (χ3n) is 2.86. The molecule has 0 aliphatic heterocycles. The number of halogens is 4. The molecular formula is C14H11BrF3N3O2. The van der Waals surface area contributed by atoms with Crippen LogP contribution >= 0.6 is 15.9 Å². The molecule has 0 spiro atoms. The van der Waals surface area contributed by atoms with Crippen molar-refractivity contribution in [3.05, 3.63) is 40.5 Å². The zero-order valence-electron chi connectivity index (χ0n) is 11.8. The fraction of sp³-hybridized carbons (Fsp3) is 0.214. The van der Waals surface area contributed by atoms with Gasteiger partial charge in [-0.15, -0.1) is 0 Å².